The molecule has 0 aromatic rings. The molecule has 2 nitrogen and oxygen atoms in total. The summed E-state index contributed by atoms with van der Waals surface area (Å²) in [5.74, 6) is 5.58. The van der Waals surface area contributed by atoms with E-state index in [-0.39, 0.29) is 11.4 Å². The molecule has 4 aliphatic rings. The second-order valence-electron chi connectivity index (χ2n) is 9.77. The Morgan fingerprint density at radius 1 is 1.12 bits per heavy atom. The highest BCUT2D eigenvalue weighted by Crippen LogP contribution is 2.64. The maximum Gasteiger partial charge on any atom is 0.330 e. The van der Waals surface area contributed by atoms with Crippen LogP contribution in [-0.4, -0.2) is 12.6 Å². The first kappa shape index (κ1) is 17.6. The van der Waals surface area contributed by atoms with Crippen LogP contribution in [0, 0.1) is 40.9 Å². The molecule has 7 unspecified atom stereocenters. The van der Waals surface area contributed by atoms with Crippen LogP contribution in [0.25, 0.3) is 0 Å². The minimum absolute atomic E-state index is 0.119. The van der Waals surface area contributed by atoms with Crippen molar-refractivity contribution in [2.24, 2.45) is 40.9 Å². The molecule has 0 aromatic heterocycles. The van der Waals surface area contributed by atoms with Crippen molar-refractivity contribution in [2.45, 2.75) is 78.6 Å². The lowest BCUT2D eigenvalue weighted by atomic mass is 9.50. The minimum atomic E-state index is -0.119. The molecular weight excluding hydrogens is 308 g/mol. The van der Waals surface area contributed by atoms with Crippen LogP contribution in [0.15, 0.2) is 11.6 Å². The van der Waals surface area contributed by atoms with Gasteiger partial charge in [0.1, 0.15) is 0 Å². The lowest BCUT2D eigenvalue weighted by Gasteiger charge is -2.55. The zero-order valence-corrected chi connectivity index (χ0v) is 16.4. The van der Waals surface area contributed by atoms with Gasteiger partial charge in [-0.05, 0) is 99.2 Å². The lowest BCUT2D eigenvalue weighted by Crippen LogP contribution is -2.47. The van der Waals surface area contributed by atoms with Crippen molar-refractivity contribution < 1.29 is 9.53 Å². The molecule has 4 fully saturated rings. The molecule has 4 saturated carbocycles. The van der Waals surface area contributed by atoms with Gasteiger partial charge in [0.05, 0.1) is 6.61 Å². The van der Waals surface area contributed by atoms with E-state index in [2.05, 4.69) is 13.8 Å². The van der Waals surface area contributed by atoms with Gasteiger partial charge in [-0.25, -0.2) is 4.79 Å². The Labute approximate surface area is 153 Å². The van der Waals surface area contributed by atoms with Crippen LogP contribution in [0.2, 0.25) is 0 Å². The van der Waals surface area contributed by atoms with Crippen LogP contribution in [-0.2, 0) is 9.53 Å². The molecule has 0 heterocycles. The topological polar surface area (TPSA) is 26.3 Å². The molecule has 0 amide bonds. The van der Waals surface area contributed by atoms with Crippen molar-refractivity contribution in [3.05, 3.63) is 11.6 Å². The number of carbonyl (C=O) groups is 1. The van der Waals surface area contributed by atoms with E-state index in [4.69, 9.17) is 4.74 Å². The highest BCUT2D eigenvalue weighted by molar-refractivity contribution is 5.83. The largest absolute Gasteiger partial charge is 0.463 e. The Bertz CT molecular complexity index is 550. The molecule has 0 spiro atoms. The minimum Gasteiger partial charge on any atom is -0.463 e. The van der Waals surface area contributed by atoms with Gasteiger partial charge in [0, 0.05) is 6.08 Å². The number of rotatable bonds is 2. The van der Waals surface area contributed by atoms with Gasteiger partial charge in [0.25, 0.3) is 0 Å². The Balaban J connectivity index is 1.53. The van der Waals surface area contributed by atoms with Crippen LogP contribution in [0.1, 0.15) is 78.6 Å². The normalized spacial score (nSPS) is 47.7. The van der Waals surface area contributed by atoms with E-state index in [1.165, 1.54) is 56.9 Å². The summed E-state index contributed by atoms with van der Waals surface area (Å²) in [5, 5.41) is 0. The van der Waals surface area contributed by atoms with Crippen molar-refractivity contribution in [2.75, 3.05) is 6.61 Å². The van der Waals surface area contributed by atoms with Gasteiger partial charge in [-0.2, -0.15) is 0 Å². The van der Waals surface area contributed by atoms with E-state index in [1.807, 2.05) is 13.0 Å². The number of fused-ring (bicyclic) bond motifs is 5. The van der Waals surface area contributed by atoms with Gasteiger partial charge in [-0.3, -0.25) is 0 Å². The van der Waals surface area contributed by atoms with Crippen molar-refractivity contribution in [3.63, 3.8) is 0 Å². The Morgan fingerprint density at radius 3 is 2.72 bits per heavy atom. The smallest absolute Gasteiger partial charge is 0.330 e. The van der Waals surface area contributed by atoms with Gasteiger partial charge in [0.2, 0.25) is 0 Å². The molecule has 25 heavy (non-hydrogen) atoms. The predicted octanol–water partition coefficient (Wildman–Crippen LogP) is 5.76. The van der Waals surface area contributed by atoms with Crippen LogP contribution in [0.3, 0.4) is 0 Å². The summed E-state index contributed by atoms with van der Waals surface area (Å²) in [6, 6.07) is 0. The third-order valence-electron chi connectivity index (χ3n) is 8.64. The van der Waals surface area contributed by atoms with E-state index in [0.717, 1.165) is 41.9 Å². The molecule has 140 valence electrons. The number of hydrogen-bond acceptors (Lipinski definition) is 2. The Kier molecular flexibility index (Phi) is 4.75. The van der Waals surface area contributed by atoms with E-state index in [1.54, 1.807) is 0 Å². The van der Waals surface area contributed by atoms with Gasteiger partial charge in [0.15, 0.2) is 0 Å². The zero-order chi connectivity index (χ0) is 17.6. The summed E-state index contributed by atoms with van der Waals surface area (Å²) < 4.78 is 5.20. The highest BCUT2D eigenvalue weighted by Gasteiger charge is 2.55. The van der Waals surface area contributed by atoms with E-state index >= 15 is 0 Å². The molecule has 7 atom stereocenters. The van der Waals surface area contributed by atoms with Gasteiger partial charge in [-0.1, -0.05) is 25.8 Å². The van der Waals surface area contributed by atoms with Crippen LogP contribution in [0.4, 0.5) is 0 Å². The SMILES string of the molecule is CCOC(=O)/C=C1\CCC2C3CCC4CC(C)CCC4C3CCC12C. The van der Waals surface area contributed by atoms with Gasteiger partial charge >= 0.3 is 5.97 Å². The number of allylic oxidation sites excluding steroid dienone is 1. The Hall–Kier alpha value is -0.790. The maximum absolute atomic E-state index is 12.0. The summed E-state index contributed by atoms with van der Waals surface area (Å²) in [7, 11) is 0. The van der Waals surface area contributed by atoms with E-state index in [9.17, 15) is 4.79 Å². The maximum atomic E-state index is 12.0. The lowest BCUT2D eigenvalue weighted by molar-refractivity contribution is -0.137. The number of hydrogen-bond donors (Lipinski definition) is 0. The molecule has 0 aromatic carbocycles. The second kappa shape index (κ2) is 6.74. The highest BCUT2D eigenvalue weighted by atomic mass is 16.5. The molecule has 0 radical (unpaired) electrons. The summed E-state index contributed by atoms with van der Waals surface area (Å²) in [4.78, 5) is 12.0. The van der Waals surface area contributed by atoms with Gasteiger partial charge < -0.3 is 4.74 Å². The molecule has 0 aliphatic heterocycles. The molecule has 4 aliphatic carbocycles. The van der Waals surface area contributed by atoms with E-state index < -0.39 is 0 Å². The standard InChI is InChI=1S/C23H36O2/c1-4-25-22(24)14-17-7-10-21-20-9-6-16-13-15(2)5-8-18(16)19(20)11-12-23(17,21)3/h14-16,18-21H,4-13H2,1-3H3/b17-14+. The molecule has 0 bridgehead atoms. The first-order valence-corrected chi connectivity index (χ1v) is 10.9. The van der Waals surface area contributed by atoms with Crippen molar-refractivity contribution >= 4 is 5.97 Å². The fourth-order valence-electron chi connectivity index (χ4n) is 7.50. The van der Waals surface area contributed by atoms with Crippen LogP contribution >= 0.6 is 0 Å². The summed E-state index contributed by atoms with van der Waals surface area (Å²) in [6.07, 6.45) is 14.3. The summed E-state index contributed by atoms with van der Waals surface area (Å²) in [6.45, 7) is 7.30. The average Bonchev–Trinajstić information content (AvgIpc) is 2.91. The molecular formula is C23H36O2. The van der Waals surface area contributed by atoms with Crippen molar-refractivity contribution in [3.8, 4) is 0 Å². The second-order valence-corrected chi connectivity index (χ2v) is 9.77. The van der Waals surface area contributed by atoms with Crippen molar-refractivity contribution in [1.82, 2.24) is 0 Å². The number of esters is 1. The summed E-state index contributed by atoms with van der Waals surface area (Å²) >= 11 is 0. The fourth-order valence-corrected chi connectivity index (χ4v) is 7.50. The Morgan fingerprint density at radius 2 is 1.92 bits per heavy atom. The van der Waals surface area contributed by atoms with Crippen molar-refractivity contribution in [1.29, 1.82) is 0 Å². The summed E-state index contributed by atoms with van der Waals surface area (Å²) in [5.41, 5.74) is 1.66. The molecule has 0 saturated heterocycles. The monoisotopic (exact) mass is 344 g/mol. The first-order chi connectivity index (χ1) is 12.0. The first-order valence-electron chi connectivity index (χ1n) is 10.9. The third-order valence-corrected chi connectivity index (χ3v) is 8.64. The molecule has 4 rings (SSSR count). The van der Waals surface area contributed by atoms with Crippen LogP contribution in [0.5, 0.6) is 0 Å². The number of ether oxygens (including phenoxy) is 1. The van der Waals surface area contributed by atoms with E-state index in [0.29, 0.717) is 6.61 Å². The number of carbonyl (C=O) groups excluding carboxylic acids is 1. The molecule has 2 heteroatoms. The molecule has 0 N–H and O–H groups in total. The zero-order valence-electron chi connectivity index (χ0n) is 16.4. The fraction of sp³-hybridized carbons (Fsp3) is 0.870. The van der Waals surface area contributed by atoms with Crippen LogP contribution < -0.4 is 0 Å². The van der Waals surface area contributed by atoms with Gasteiger partial charge in [-0.15, -0.1) is 0 Å². The third kappa shape index (κ3) is 2.98. The average molecular weight is 345 g/mol. The quantitative estimate of drug-likeness (QED) is 0.470. The predicted molar refractivity (Wildman–Crippen MR) is 101 cm³/mol.